The standard InChI is InChI=1S/C31H42IN5O8S/c1-36(2)26-11-7-24(8-12-26)34-35-25-9-13-27(14-10-25)46(42,43)33-19-5-3-4-6-28(38)37-20-17-31(18-21-37,23-45-32)22-44-30(41)16-15-29(39)40/h7-14,33H,3-6,15-23H2,1-2H3,(H,39,40)/b35-34+. The van der Waals surface area contributed by atoms with Crippen LogP contribution in [0.1, 0.15) is 51.4 Å². The van der Waals surface area contributed by atoms with Gasteiger partial charge in [0.05, 0.1) is 42.3 Å². The number of sulfonamides is 1. The summed E-state index contributed by atoms with van der Waals surface area (Å²) < 4.78 is 38.7. The minimum atomic E-state index is -3.68. The molecular formula is C31H42IN5O8S. The number of nitrogens with one attached hydrogen (secondary N) is 1. The second-order valence-corrected chi connectivity index (χ2v) is 13.9. The van der Waals surface area contributed by atoms with Crippen molar-refractivity contribution in [2.45, 2.75) is 56.3 Å². The molecule has 1 amide bonds. The summed E-state index contributed by atoms with van der Waals surface area (Å²) in [5.41, 5.74) is 1.86. The fourth-order valence-corrected chi connectivity index (χ4v) is 6.58. The number of carboxylic acid groups (broad SMARTS) is 1. The van der Waals surface area contributed by atoms with Crippen LogP contribution in [0.2, 0.25) is 0 Å². The van der Waals surface area contributed by atoms with Gasteiger partial charge in [0.15, 0.2) is 0 Å². The number of piperidine rings is 1. The van der Waals surface area contributed by atoms with Gasteiger partial charge in [-0.25, -0.2) is 13.1 Å². The van der Waals surface area contributed by atoms with Crippen molar-refractivity contribution in [2.75, 3.05) is 51.8 Å². The summed E-state index contributed by atoms with van der Waals surface area (Å²) in [6.45, 7) is 1.76. The van der Waals surface area contributed by atoms with E-state index in [0.717, 1.165) is 5.69 Å². The predicted octanol–water partition coefficient (Wildman–Crippen LogP) is 5.39. The van der Waals surface area contributed by atoms with E-state index in [9.17, 15) is 22.8 Å². The molecule has 0 spiro atoms. The Morgan fingerprint density at radius 1 is 0.913 bits per heavy atom. The summed E-state index contributed by atoms with van der Waals surface area (Å²) in [7, 11) is 0.232. The van der Waals surface area contributed by atoms with Gasteiger partial charge in [0, 0.05) is 51.3 Å². The van der Waals surface area contributed by atoms with Gasteiger partial charge >= 0.3 is 11.9 Å². The number of hydrogen-bond donors (Lipinski definition) is 2. The van der Waals surface area contributed by atoms with Gasteiger partial charge in [-0.2, -0.15) is 10.2 Å². The zero-order valence-electron chi connectivity index (χ0n) is 26.2. The number of rotatable bonds is 18. The Labute approximate surface area is 284 Å². The molecule has 2 aromatic carbocycles. The monoisotopic (exact) mass is 771 g/mol. The van der Waals surface area contributed by atoms with Crippen molar-refractivity contribution in [3.8, 4) is 0 Å². The first kappa shape index (κ1) is 37.3. The van der Waals surface area contributed by atoms with E-state index in [1.165, 1.54) is 12.1 Å². The molecule has 1 fully saturated rings. The van der Waals surface area contributed by atoms with Crippen LogP contribution in [0.3, 0.4) is 0 Å². The number of nitrogens with zero attached hydrogens (tertiary/aromatic N) is 4. The second kappa shape index (κ2) is 18.3. The Hall–Kier alpha value is -3.15. The summed E-state index contributed by atoms with van der Waals surface area (Å²) in [6, 6.07) is 13.8. The number of anilines is 1. The van der Waals surface area contributed by atoms with Gasteiger partial charge in [-0.05, 0) is 74.2 Å². The molecule has 46 heavy (non-hydrogen) atoms. The van der Waals surface area contributed by atoms with Gasteiger partial charge in [-0.3, -0.25) is 14.4 Å². The second-order valence-electron chi connectivity index (χ2n) is 11.5. The van der Waals surface area contributed by atoms with Crippen LogP contribution in [0, 0.1) is 5.41 Å². The average molecular weight is 772 g/mol. The normalized spacial score (nSPS) is 14.7. The number of carbonyl (C=O) groups is 3. The van der Waals surface area contributed by atoms with E-state index in [1.807, 2.05) is 43.3 Å². The lowest BCUT2D eigenvalue weighted by atomic mass is 9.80. The highest BCUT2D eigenvalue weighted by molar-refractivity contribution is 14.1. The Balaban J connectivity index is 1.34. The Kier molecular flexibility index (Phi) is 14.8. The largest absolute Gasteiger partial charge is 0.481 e. The minimum Gasteiger partial charge on any atom is -0.481 e. The summed E-state index contributed by atoms with van der Waals surface area (Å²) in [6.07, 6.45) is 3.02. The number of aliphatic carboxylic acids is 1. The fourth-order valence-electron chi connectivity index (χ4n) is 4.84. The smallest absolute Gasteiger partial charge is 0.306 e. The van der Waals surface area contributed by atoms with E-state index in [-0.39, 0.29) is 36.8 Å². The van der Waals surface area contributed by atoms with Crippen LogP contribution in [-0.4, -0.2) is 83.2 Å². The topological polar surface area (TPSA) is 167 Å². The van der Waals surface area contributed by atoms with Crippen LogP contribution < -0.4 is 9.62 Å². The Bertz CT molecular complexity index is 1430. The number of ether oxygens (including phenoxy) is 1. The zero-order chi connectivity index (χ0) is 33.6. The average Bonchev–Trinajstić information content (AvgIpc) is 3.04. The Morgan fingerprint density at radius 3 is 2.09 bits per heavy atom. The third-order valence-corrected chi connectivity index (χ3v) is 9.56. The molecule has 2 aromatic rings. The highest BCUT2D eigenvalue weighted by Crippen LogP contribution is 2.33. The summed E-state index contributed by atoms with van der Waals surface area (Å²) in [4.78, 5) is 39.3. The number of esters is 1. The molecule has 0 aliphatic carbocycles. The molecule has 0 bridgehead atoms. The number of likely N-dealkylation sites (tertiary alicyclic amines) is 1. The maximum absolute atomic E-state index is 12.8. The van der Waals surface area contributed by atoms with Crippen LogP contribution in [0.5, 0.6) is 0 Å². The quantitative estimate of drug-likeness (QED) is 0.0875. The van der Waals surface area contributed by atoms with Gasteiger partial charge in [0.2, 0.25) is 15.9 Å². The molecule has 0 aromatic heterocycles. The molecule has 3 rings (SSSR count). The number of benzene rings is 2. The molecule has 252 valence electrons. The zero-order valence-corrected chi connectivity index (χ0v) is 29.2. The number of carboxylic acids is 1. The lowest BCUT2D eigenvalue weighted by molar-refractivity contribution is -0.153. The van der Waals surface area contributed by atoms with E-state index in [0.29, 0.717) is 69.6 Å². The van der Waals surface area contributed by atoms with Crippen LogP contribution >= 0.6 is 23.0 Å². The minimum absolute atomic E-state index is 0.0332. The molecule has 13 nitrogen and oxygen atoms in total. The highest BCUT2D eigenvalue weighted by Gasteiger charge is 2.37. The molecule has 1 saturated heterocycles. The van der Waals surface area contributed by atoms with Crippen molar-refractivity contribution >= 4 is 67.9 Å². The van der Waals surface area contributed by atoms with Gasteiger partial charge in [-0.15, -0.1) is 0 Å². The maximum Gasteiger partial charge on any atom is 0.306 e. The molecule has 1 aliphatic rings. The van der Waals surface area contributed by atoms with Crippen molar-refractivity contribution in [3.63, 3.8) is 0 Å². The van der Waals surface area contributed by atoms with Crippen molar-refractivity contribution in [1.29, 1.82) is 0 Å². The summed E-state index contributed by atoms with van der Waals surface area (Å²) >= 11 is 1.80. The first-order valence-electron chi connectivity index (χ1n) is 15.1. The van der Waals surface area contributed by atoms with Crippen LogP contribution in [0.15, 0.2) is 63.7 Å². The highest BCUT2D eigenvalue weighted by atomic mass is 127. The van der Waals surface area contributed by atoms with E-state index in [1.54, 1.807) is 40.0 Å². The number of hydrogen-bond acceptors (Lipinski definition) is 10. The summed E-state index contributed by atoms with van der Waals surface area (Å²) in [5.74, 6) is -1.58. The van der Waals surface area contributed by atoms with Crippen molar-refractivity contribution < 1.29 is 35.7 Å². The van der Waals surface area contributed by atoms with Gasteiger partial charge < -0.3 is 22.7 Å². The van der Waals surface area contributed by atoms with Crippen molar-refractivity contribution in [3.05, 3.63) is 48.5 Å². The first-order valence-corrected chi connectivity index (χ1v) is 17.5. The summed E-state index contributed by atoms with van der Waals surface area (Å²) in [5, 5.41) is 17.1. The Morgan fingerprint density at radius 2 is 1.52 bits per heavy atom. The van der Waals surface area contributed by atoms with E-state index in [4.69, 9.17) is 12.9 Å². The van der Waals surface area contributed by atoms with Gasteiger partial charge in [0.1, 0.15) is 23.0 Å². The maximum atomic E-state index is 12.8. The van der Waals surface area contributed by atoms with E-state index >= 15 is 0 Å². The van der Waals surface area contributed by atoms with Gasteiger partial charge in [-0.1, -0.05) is 6.42 Å². The van der Waals surface area contributed by atoms with E-state index in [2.05, 4.69) is 15.0 Å². The lowest BCUT2D eigenvalue weighted by Gasteiger charge is -2.40. The number of halogens is 1. The number of unbranched alkanes of at least 4 members (excludes halogenated alkanes) is 2. The van der Waals surface area contributed by atoms with Gasteiger partial charge in [0.25, 0.3) is 0 Å². The SMILES string of the molecule is CN(C)c1ccc(/N=N/c2ccc(S(=O)(=O)NCCCCCC(=O)N3CCC(COI)(COC(=O)CCC(=O)O)CC3)cc2)cc1. The number of carbonyl (C=O) groups excluding carboxylic acids is 2. The third-order valence-electron chi connectivity index (χ3n) is 7.77. The lowest BCUT2D eigenvalue weighted by Crippen LogP contribution is -2.47. The molecule has 0 atom stereocenters. The van der Waals surface area contributed by atoms with Crippen molar-refractivity contribution in [1.82, 2.24) is 9.62 Å². The van der Waals surface area contributed by atoms with E-state index < -0.39 is 27.4 Å². The molecule has 0 radical (unpaired) electrons. The molecular weight excluding hydrogens is 729 g/mol. The van der Waals surface area contributed by atoms with Crippen molar-refractivity contribution in [2.24, 2.45) is 15.6 Å². The fraction of sp³-hybridized carbons (Fsp3) is 0.516. The number of azo groups is 1. The number of amides is 1. The predicted molar refractivity (Wildman–Crippen MR) is 181 cm³/mol. The first-order chi connectivity index (χ1) is 21.9. The molecule has 0 unspecified atom stereocenters. The molecule has 0 saturated carbocycles. The van der Waals surface area contributed by atoms with Crippen LogP contribution in [0.4, 0.5) is 17.1 Å². The third kappa shape index (κ3) is 12.2. The molecule has 15 heteroatoms. The molecule has 2 N–H and O–H groups in total. The molecule has 1 heterocycles. The van der Waals surface area contributed by atoms with Crippen LogP contribution in [0.25, 0.3) is 0 Å². The van der Waals surface area contributed by atoms with Crippen LogP contribution in [-0.2, 0) is 32.2 Å². The molecule has 1 aliphatic heterocycles.